The maximum absolute atomic E-state index is 13.4. The Morgan fingerprint density at radius 3 is 2.76 bits per heavy atom. The number of hydrogen-bond acceptors (Lipinski definition) is 6. The van der Waals surface area contributed by atoms with Crippen LogP contribution in [0.4, 0.5) is 0 Å². The van der Waals surface area contributed by atoms with Crippen LogP contribution in [0.5, 0.6) is 5.75 Å². The molecule has 8 nitrogen and oxygen atoms in total. The van der Waals surface area contributed by atoms with Crippen LogP contribution in [0.1, 0.15) is 44.1 Å². The number of fused-ring (bicyclic) bond motifs is 3. The predicted molar refractivity (Wildman–Crippen MR) is 122 cm³/mol. The monoisotopic (exact) mass is 458 g/mol. The van der Waals surface area contributed by atoms with E-state index in [4.69, 9.17) is 9.47 Å². The van der Waals surface area contributed by atoms with Crippen LogP contribution in [-0.2, 0) is 14.3 Å². The van der Waals surface area contributed by atoms with E-state index in [1.165, 1.54) is 0 Å². The SMILES string of the molecule is CCOCCCN(C(=O)C1CCC1)[C@@H]1C=C(C(=O)NCCO)[C@@H]2c3ccccc3O[C@@H]2[C@H]1O. The number of nitrogens with one attached hydrogen (secondary N) is 1. The van der Waals surface area contributed by atoms with Crippen LogP contribution in [0.25, 0.3) is 0 Å². The molecule has 0 unspecified atom stereocenters. The molecule has 1 saturated carbocycles. The van der Waals surface area contributed by atoms with E-state index in [1.54, 1.807) is 11.0 Å². The van der Waals surface area contributed by atoms with Crippen LogP contribution < -0.4 is 10.1 Å². The second kappa shape index (κ2) is 10.7. The Morgan fingerprint density at radius 2 is 2.06 bits per heavy atom. The Kier molecular flexibility index (Phi) is 7.67. The molecule has 1 aromatic carbocycles. The smallest absolute Gasteiger partial charge is 0.247 e. The van der Waals surface area contributed by atoms with Crippen molar-refractivity contribution < 1.29 is 29.3 Å². The molecule has 0 radical (unpaired) electrons. The topological polar surface area (TPSA) is 108 Å². The van der Waals surface area contributed by atoms with Crippen molar-refractivity contribution in [2.75, 3.05) is 32.9 Å². The van der Waals surface area contributed by atoms with Gasteiger partial charge < -0.3 is 29.9 Å². The Bertz CT molecular complexity index is 883. The van der Waals surface area contributed by atoms with Gasteiger partial charge in [-0.15, -0.1) is 0 Å². The molecule has 0 saturated heterocycles. The second-order valence-corrected chi connectivity index (χ2v) is 8.89. The summed E-state index contributed by atoms with van der Waals surface area (Å²) in [5.74, 6) is -0.135. The molecule has 33 heavy (non-hydrogen) atoms. The maximum atomic E-state index is 13.4. The lowest BCUT2D eigenvalue weighted by Gasteiger charge is -2.42. The van der Waals surface area contributed by atoms with E-state index in [0.717, 1.165) is 24.8 Å². The number of rotatable bonds is 10. The molecular weight excluding hydrogens is 424 g/mol. The Hall–Kier alpha value is -2.42. The molecule has 0 spiro atoms. The van der Waals surface area contributed by atoms with Crippen LogP contribution in [-0.4, -0.2) is 78.1 Å². The summed E-state index contributed by atoms with van der Waals surface area (Å²) in [6.45, 7) is 3.45. The van der Waals surface area contributed by atoms with Gasteiger partial charge in [-0.3, -0.25) is 9.59 Å². The zero-order valence-electron chi connectivity index (χ0n) is 19.1. The van der Waals surface area contributed by atoms with Crippen molar-refractivity contribution in [3.8, 4) is 5.75 Å². The quantitative estimate of drug-likeness (QED) is 0.457. The molecule has 3 aliphatic rings. The lowest BCUT2D eigenvalue weighted by atomic mass is 9.76. The van der Waals surface area contributed by atoms with Gasteiger partial charge in [-0.25, -0.2) is 0 Å². The van der Waals surface area contributed by atoms with E-state index < -0.39 is 24.2 Å². The number of hydrogen-bond donors (Lipinski definition) is 3. The highest BCUT2D eigenvalue weighted by molar-refractivity contribution is 5.96. The van der Waals surface area contributed by atoms with E-state index >= 15 is 0 Å². The molecular formula is C25H34N2O6. The van der Waals surface area contributed by atoms with Crippen LogP contribution in [0.3, 0.4) is 0 Å². The summed E-state index contributed by atoms with van der Waals surface area (Å²) in [5.41, 5.74) is 1.31. The molecule has 2 aliphatic carbocycles. The van der Waals surface area contributed by atoms with Gasteiger partial charge in [0.25, 0.3) is 0 Å². The molecule has 1 aromatic rings. The number of nitrogens with zero attached hydrogens (tertiary/aromatic N) is 1. The molecule has 8 heteroatoms. The van der Waals surface area contributed by atoms with Gasteiger partial charge in [0.1, 0.15) is 18.0 Å². The van der Waals surface area contributed by atoms with Gasteiger partial charge in [0.15, 0.2) is 0 Å². The molecule has 4 rings (SSSR count). The van der Waals surface area contributed by atoms with Crippen LogP contribution in [0.15, 0.2) is 35.9 Å². The number of amides is 2. The fourth-order valence-corrected chi connectivity index (χ4v) is 4.97. The second-order valence-electron chi connectivity index (χ2n) is 8.89. The molecule has 2 amide bonds. The number of para-hydroxylation sites is 1. The molecule has 0 bridgehead atoms. The Balaban J connectivity index is 1.67. The van der Waals surface area contributed by atoms with Crippen LogP contribution in [0.2, 0.25) is 0 Å². The zero-order chi connectivity index (χ0) is 23.4. The Morgan fingerprint density at radius 1 is 1.27 bits per heavy atom. The third-order valence-corrected chi connectivity index (χ3v) is 6.87. The van der Waals surface area contributed by atoms with Crippen molar-refractivity contribution in [1.29, 1.82) is 0 Å². The normalized spacial score (nSPS) is 25.8. The maximum Gasteiger partial charge on any atom is 0.247 e. The van der Waals surface area contributed by atoms with Gasteiger partial charge >= 0.3 is 0 Å². The minimum Gasteiger partial charge on any atom is -0.486 e. The first-order chi connectivity index (χ1) is 16.1. The highest BCUT2D eigenvalue weighted by atomic mass is 16.5. The minimum atomic E-state index is -0.979. The van der Waals surface area contributed by atoms with Crippen molar-refractivity contribution >= 4 is 11.8 Å². The molecule has 1 fully saturated rings. The van der Waals surface area contributed by atoms with Crippen molar-refractivity contribution in [1.82, 2.24) is 10.2 Å². The molecule has 0 aromatic heterocycles. The molecule has 3 N–H and O–H groups in total. The molecule has 1 heterocycles. The van der Waals surface area contributed by atoms with Crippen LogP contribution >= 0.6 is 0 Å². The van der Waals surface area contributed by atoms with E-state index in [2.05, 4.69) is 5.32 Å². The number of carbonyl (C=O) groups excluding carboxylic acids is 2. The average Bonchev–Trinajstić information content (AvgIpc) is 3.17. The fraction of sp³-hybridized carbons (Fsp3) is 0.600. The average molecular weight is 459 g/mol. The number of benzene rings is 1. The molecule has 180 valence electrons. The minimum absolute atomic E-state index is 0.0159. The van der Waals surface area contributed by atoms with Crippen molar-refractivity contribution in [2.45, 2.75) is 56.8 Å². The fourth-order valence-electron chi connectivity index (χ4n) is 4.97. The van der Waals surface area contributed by atoms with Crippen molar-refractivity contribution in [2.24, 2.45) is 5.92 Å². The van der Waals surface area contributed by atoms with E-state index in [-0.39, 0.29) is 30.9 Å². The van der Waals surface area contributed by atoms with Gasteiger partial charge in [0.05, 0.1) is 18.6 Å². The summed E-state index contributed by atoms with van der Waals surface area (Å²) in [4.78, 5) is 28.2. The van der Waals surface area contributed by atoms with E-state index in [1.807, 2.05) is 31.2 Å². The highest BCUT2D eigenvalue weighted by Gasteiger charge is 2.50. The zero-order valence-corrected chi connectivity index (χ0v) is 19.1. The van der Waals surface area contributed by atoms with Gasteiger partial charge in [-0.05, 0) is 38.3 Å². The summed E-state index contributed by atoms with van der Waals surface area (Å²) in [6, 6.07) is 6.80. The first-order valence-corrected chi connectivity index (χ1v) is 12.0. The third-order valence-electron chi connectivity index (χ3n) is 6.87. The predicted octanol–water partition coefficient (Wildman–Crippen LogP) is 1.36. The summed E-state index contributed by atoms with van der Waals surface area (Å²) in [7, 11) is 0. The largest absolute Gasteiger partial charge is 0.486 e. The van der Waals surface area contributed by atoms with Crippen LogP contribution in [0, 0.1) is 5.92 Å². The van der Waals surface area contributed by atoms with Crippen molar-refractivity contribution in [3.63, 3.8) is 0 Å². The number of carbonyl (C=O) groups is 2. The van der Waals surface area contributed by atoms with Crippen molar-refractivity contribution in [3.05, 3.63) is 41.5 Å². The highest BCUT2D eigenvalue weighted by Crippen LogP contribution is 2.47. The van der Waals surface area contributed by atoms with Gasteiger partial charge in [0.2, 0.25) is 11.8 Å². The van der Waals surface area contributed by atoms with Gasteiger partial charge in [0, 0.05) is 43.4 Å². The summed E-state index contributed by atoms with van der Waals surface area (Å²) in [5, 5.41) is 23.3. The Labute approximate surface area is 194 Å². The van der Waals surface area contributed by atoms with E-state index in [9.17, 15) is 19.8 Å². The van der Waals surface area contributed by atoms with E-state index in [0.29, 0.717) is 37.5 Å². The molecule has 4 atom stereocenters. The summed E-state index contributed by atoms with van der Waals surface area (Å²) < 4.78 is 11.6. The lowest BCUT2D eigenvalue weighted by molar-refractivity contribution is -0.144. The molecule has 1 aliphatic heterocycles. The van der Waals surface area contributed by atoms with Gasteiger partial charge in [-0.1, -0.05) is 24.6 Å². The summed E-state index contributed by atoms with van der Waals surface area (Å²) >= 11 is 0. The number of aliphatic hydroxyl groups is 2. The van der Waals surface area contributed by atoms with Gasteiger partial charge in [-0.2, -0.15) is 0 Å². The first kappa shape index (κ1) is 23.7. The standard InChI is InChI=1S/C25H34N2O6/c1-2-32-14-6-12-27(25(31)16-7-5-8-16)19-15-18(24(30)26-11-13-28)21-17-9-3-4-10-20(17)33-23(21)22(19)29/h3-4,9-10,15-16,19,21-23,28-29H,2,5-8,11-14H2,1H3,(H,26,30)/t19-,21+,22+,23+/m1/s1. The number of aliphatic hydroxyl groups excluding tert-OH is 2. The summed E-state index contributed by atoms with van der Waals surface area (Å²) in [6.07, 6.45) is 3.47. The third kappa shape index (κ3) is 4.78. The first-order valence-electron chi connectivity index (χ1n) is 12.0. The lowest BCUT2D eigenvalue weighted by Crippen LogP contribution is -2.57. The number of ether oxygens (including phenoxy) is 2.